The Morgan fingerprint density at radius 1 is 1.17 bits per heavy atom. The van der Waals surface area contributed by atoms with Crippen LogP contribution in [0, 0.1) is 6.92 Å². The Bertz CT molecular complexity index is 729. The number of rotatable bonds is 4. The maximum Gasteiger partial charge on any atom is 0.270 e. The van der Waals surface area contributed by atoms with Crippen molar-refractivity contribution in [3.8, 4) is 0 Å². The third-order valence-electron chi connectivity index (χ3n) is 4.15. The van der Waals surface area contributed by atoms with Gasteiger partial charge in [0.2, 0.25) is 5.95 Å². The van der Waals surface area contributed by atoms with Gasteiger partial charge in [0.15, 0.2) is 0 Å². The molecule has 1 aromatic carbocycles. The van der Waals surface area contributed by atoms with Gasteiger partial charge in [-0.2, -0.15) is 0 Å². The average molecular weight is 345 g/mol. The van der Waals surface area contributed by atoms with Gasteiger partial charge in [0.1, 0.15) is 5.69 Å². The van der Waals surface area contributed by atoms with Crippen LogP contribution in [0.15, 0.2) is 30.3 Å². The number of carbonyl (C=O) groups is 1. The van der Waals surface area contributed by atoms with Crippen molar-refractivity contribution in [2.45, 2.75) is 45.1 Å². The molecule has 3 rings (SSSR count). The minimum absolute atomic E-state index is 0.144. The Hall–Kier alpha value is -2.14. The molecule has 1 aliphatic rings. The summed E-state index contributed by atoms with van der Waals surface area (Å²) >= 11 is 6.15. The first-order valence-electron chi connectivity index (χ1n) is 8.30. The molecule has 1 aromatic heterocycles. The summed E-state index contributed by atoms with van der Waals surface area (Å²) in [7, 11) is 0. The Kier molecular flexibility index (Phi) is 5.30. The molecule has 2 N–H and O–H groups in total. The first-order valence-corrected chi connectivity index (χ1v) is 8.68. The fraction of sp³-hybridized carbons (Fsp3) is 0.389. The van der Waals surface area contributed by atoms with Gasteiger partial charge >= 0.3 is 0 Å². The summed E-state index contributed by atoms with van der Waals surface area (Å²) in [5.74, 6) is 0.228. The number of para-hydroxylation sites is 1. The van der Waals surface area contributed by atoms with Crippen LogP contribution in [-0.4, -0.2) is 21.9 Å². The van der Waals surface area contributed by atoms with Crippen LogP contribution in [0.4, 0.5) is 11.6 Å². The molecule has 0 radical (unpaired) electrons. The van der Waals surface area contributed by atoms with Crippen LogP contribution < -0.4 is 10.6 Å². The molecule has 1 amide bonds. The minimum Gasteiger partial charge on any atom is -0.348 e. The summed E-state index contributed by atoms with van der Waals surface area (Å²) in [5, 5.41) is 6.74. The zero-order valence-electron chi connectivity index (χ0n) is 13.7. The van der Waals surface area contributed by atoms with Crippen molar-refractivity contribution in [1.82, 2.24) is 15.3 Å². The molecule has 0 unspecified atom stereocenters. The monoisotopic (exact) mass is 344 g/mol. The Morgan fingerprint density at radius 3 is 2.67 bits per heavy atom. The summed E-state index contributed by atoms with van der Waals surface area (Å²) in [6.45, 7) is 1.84. The highest BCUT2D eigenvalue weighted by Crippen LogP contribution is 2.23. The fourth-order valence-corrected chi connectivity index (χ4v) is 3.11. The molecule has 24 heavy (non-hydrogen) atoms. The SMILES string of the molecule is Cc1cc(C(=O)NC2CCCCC2)nc(Nc2ccccc2Cl)n1. The Labute approximate surface area is 146 Å². The third-order valence-corrected chi connectivity index (χ3v) is 4.48. The lowest BCUT2D eigenvalue weighted by atomic mass is 9.95. The van der Waals surface area contributed by atoms with E-state index in [1.165, 1.54) is 19.3 Å². The molecule has 126 valence electrons. The zero-order valence-corrected chi connectivity index (χ0v) is 14.4. The van der Waals surface area contributed by atoms with E-state index in [1.807, 2.05) is 25.1 Å². The topological polar surface area (TPSA) is 66.9 Å². The van der Waals surface area contributed by atoms with E-state index < -0.39 is 0 Å². The molecule has 6 heteroatoms. The zero-order chi connectivity index (χ0) is 16.9. The van der Waals surface area contributed by atoms with Gasteiger partial charge in [-0.05, 0) is 38.0 Å². The van der Waals surface area contributed by atoms with Crippen LogP contribution in [0.5, 0.6) is 0 Å². The number of aryl methyl sites for hydroxylation is 1. The Morgan fingerprint density at radius 2 is 1.92 bits per heavy atom. The van der Waals surface area contributed by atoms with Crippen LogP contribution >= 0.6 is 11.6 Å². The highest BCUT2D eigenvalue weighted by molar-refractivity contribution is 6.33. The minimum atomic E-state index is -0.144. The molecule has 0 spiro atoms. The highest BCUT2D eigenvalue weighted by Gasteiger charge is 2.18. The molecule has 0 atom stereocenters. The van der Waals surface area contributed by atoms with Crippen LogP contribution in [0.1, 0.15) is 48.3 Å². The van der Waals surface area contributed by atoms with Gasteiger partial charge in [0.25, 0.3) is 5.91 Å². The lowest BCUT2D eigenvalue weighted by molar-refractivity contribution is 0.0922. The predicted molar refractivity (Wildman–Crippen MR) is 95.8 cm³/mol. The van der Waals surface area contributed by atoms with E-state index in [1.54, 1.807) is 12.1 Å². The molecule has 0 saturated heterocycles. The van der Waals surface area contributed by atoms with Gasteiger partial charge in [-0.1, -0.05) is 43.0 Å². The average Bonchev–Trinajstić information content (AvgIpc) is 2.57. The standard InChI is InChI=1S/C18H21ClN4O/c1-12-11-16(17(24)21-13-7-3-2-4-8-13)23-18(20-12)22-15-10-6-5-9-14(15)19/h5-6,9-11,13H,2-4,7-8H2,1H3,(H,21,24)(H,20,22,23). The van der Waals surface area contributed by atoms with E-state index in [0.29, 0.717) is 22.4 Å². The number of anilines is 2. The maximum absolute atomic E-state index is 12.5. The van der Waals surface area contributed by atoms with E-state index in [9.17, 15) is 4.79 Å². The van der Waals surface area contributed by atoms with E-state index >= 15 is 0 Å². The number of nitrogens with one attached hydrogen (secondary N) is 2. The largest absolute Gasteiger partial charge is 0.348 e. The van der Waals surface area contributed by atoms with Crippen LogP contribution in [0.25, 0.3) is 0 Å². The number of carbonyl (C=O) groups excluding carboxylic acids is 1. The van der Waals surface area contributed by atoms with E-state index in [2.05, 4.69) is 20.6 Å². The second kappa shape index (κ2) is 7.62. The summed E-state index contributed by atoms with van der Waals surface area (Å²) < 4.78 is 0. The number of hydrogen-bond donors (Lipinski definition) is 2. The number of benzene rings is 1. The first kappa shape index (κ1) is 16.7. The van der Waals surface area contributed by atoms with Crippen LogP contribution in [-0.2, 0) is 0 Å². The van der Waals surface area contributed by atoms with Gasteiger partial charge in [0, 0.05) is 11.7 Å². The first-order chi connectivity index (χ1) is 11.6. The summed E-state index contributed by atoms with van der Waals surface area (Å²) in [5.41, 5.74) is 1.82. The lowest BCUT2D eigenvalue weighted by Gasteiger charge is -2.22. The van der Waals surface area contributed by atoms with Crippen LogP contribution in [0.2, 0.25) is 5.02 Å². The molecule has 5 nitrogen and oxygen atoms in total. The van der Waals surface area contributed by atoms with Crippen molar-refractivity contribution >= 4 is 29.1 Å². The molecule has 1 fully saturated rings. The van der Waals surface area contributed by atoms with Crippen LogP contribution in [0.3, 0.4) is 0 Å². The molecule has 1 saturated carbocycles. The van der Waals surface area contributed by atoms with Crippen molar-refractivity contribution in [3.63, 3.8) is 0 Å². The molecular weight excluding hydrogens is 324 g/mol. The normalized spacial score (nSPS) is 15.1. The molecule has 2 aromatic rings. The van der Waals surface area contributed by atoms with E-state index in [4.69, 9.17) is 11.6 Å². The summed E-state index contributed by atoms with van der Waals surface area (Å²) in [6, 6.07) is 9.32. The second-order valence-electron chi connectivity index (χ2n) is 6.13. The van der Waals surface area contributed by atoms with Gasteiger partial charge in [0.05, 0.1) is 10.7 Å². The predicted octanol–water partition coefficient (Wildman–Crippen LogP) is 4.24. The lowest BCUT2D eigenvalue weighted by Crippen LogP contribution is -2.36. The second-order valence-corrected chi connectivity index (χ2v) is 6.54. The number of nitrogens with zero attached hydrogens (tertiary/aromatic N) is 2. The van der Waals surface area contributed by atoms with Gasteiger partial charge in [-0.3, -0.25) is 4.79 Å². The van der Waals surface area contributed by atoms with Gasteiger partial charge < -0.3 is 10.6 Å². The molecule has 0 aliphatic heterocycles. The highest BCUT2D eigenvalue weighted by atomic mass is 35.5. The smallest absolute Gasteiger partial charge is 0.270 e. The molecule has 1 heterocycles. The van der Waals surface area contributed by atoms with Crippen molar-refractivity contribution in [1.29, 1.82) is 0 Å². The number of halogens is 1. The van der Waals surface area contributed by atoms with Crippen molar-refractivity contribution < 1.29 is 4.79 Å². The molecule has 1 aliphatic carbocycles. The maximum atomic E-state index is 12.5. The third kappa shape index (κ3) is 4.23. The van der Waals surface area contributed by atoms with Gasteiger partial charge in [-0.15, -0.1) is 0 Å². The van der Waals surface area contributed by atoms with Crippen molar-refractivity contribution in [3.05, 3.63) is 46.7 Å². The van der Waals surface area contributed by atoms with E-state index in [0.717, 1.165) is 18.5 Å². The number of amides is 1. The number of aromatic nitrogens is 2. The van der Waals surface area contributed by atoms with E-state index in [-0.39, 0.29) is 11.9 Å². The molecule has 0 bridgehead atoms. The number of hydrogen-bond acceptors (Lipinski definition) is 4. The van der Waals surface area contributed by atoms with Gasteiger partial charge in [-0.25, -0.2) is 9.97 Å². The summed E-state index contributed by atoms with van der Waals surface area (Å²) in [6.07, 6.45) is 5.69. The van der Waals surface area contributed by atoms with Crippen molar-refractivity contribution in [2.75, 3.05) is 5.32 Å². The fourth-order valence-electron chi connectivity index (χ4n) is 2.93. The quantitative estimate of drug-likeness (QED) is 0.870. The summed E-state index contributed by atoms with van der Waals surface area (Å²) in [4.78, 5) is 21.2. The Balaban J connectivity index is 1.75. The molecular formula is C18H21ClN4O. The van der Waals surface area contributed by atoms with Crippen molar-refractivity contribution in [2.24, 2.45) is 0 Å².